The topological polar surface area (TPSA) is 75.3 Å². The molecule has 1 amide bonds. The number of anilines is 1. The Hall–Kier alpha value is -2.30. The molecule has 0 saturated carbocycles. The van der Waals surface area contributed by atoms with Crippen molar-refractivity contribution < 1.29 is 13.2 Å². The monoisotopic (exact) mass is 320 g/mol. The predicted octanol–water partition coefficient (Wildman–Crippen LogP) is 1.91. The SMILES string of the molecule is C#CCNC(=O)c1ccc(NS(=O)(=O)c2cccs2)cc1. The van der Waals surface area contributed by atoms with Crippen molar-refractivity contribution in [3.63, 3.8) is 0 Å². The predicted molar refractivity (Wildman–Crippen MR) is 82.7 cm³/mol. The lowest BCUT2D eigenvalue weighted by Gasteiger charge is -2.07. The van der Waals surface area contributed by atoms with E-state index < -0.39 is 10.0 Å². The normalized spacial score (nSPS) is 10.6. The van der Waals surface area contributed by atoms with Crippen molar-refractivity contribution in [2.24, 2.45) is 0 Å². The fourth-order valence-corrected chi connectivity index (χ4v) is 3.60. The maximum atomic E-state index is 12.0. The Morgan fingerprint density at radius 3 is 2.52 bits per heavy atom. The van der Waals surface area contributed by atoms with Gasteiger partial charge >= 0.3 is 0 Å². The first-order valence-corrected chi connectivity index (χ1v) is 8.27. The van der Waals surface area contributed by atoms with Crippen LogP contribution >= 0.6 is 11.3 Å². The zero-order valence-electron chi connectivity index (χ0n) is 10.9. The van der Waals surface area contributed by atoms with Crippen molar-refractivity contribution in [2.45, 2.75) is 4.21 Å². The Bertz CT molecular complexity index is 758. The van der Waals surface area contributed by atoms with Gasteiger partial charge in [-0.25, -0.2) is 8.42 Å². The molecule has 2 N–H and O–H groups in total. The summed E-state index contributed by atoms with van der Waals surface area (Å²) in [6, 6.07) is 9.29. The molecule has 1 aromatic heterocycles. The van der Waals surface area contributed by atoms with Crippen molar-refractivity contribution >= 4 is 33.0 Å². The van der Waals surface area contributed by atoms with Crippen LogP contribution in [-0.4, -0.2) is 20.9 Å². The minimum Gasteiger partial charge on any atom is -0.341 e. The number of sulfonamides is 1. The second kappa shape index (κ2) is 6.43. The van der Waals surface area contributed by atoms with Gasteiger partial charge in [0.1, 0.15) is 4.21 Å². The molecule has 0 atom stereocenters. The van der Waals surface area contributed by atoms with Gasteiger partial charge in [0.2, 0.25) is 0 Å². The molecule has 0 unspecified atom stereocenters. The maximum absolute atomic E-state index is 12.0. The fraction of sp³-hybridized carbons (Fsp3) is 0.0714. The third-order valence-electron chi connectivity index (χ3n) is 2.51. The molecule has 1 aromatic carbocycles. The average Bonchev–Trinajstić information content (AvgIpc) is 3.00. The first kappa shape index (κ1) is 15.1. The summed E-state index contributed by atoms with van der Waals surface area (Å²) in [5.74, 6) is 2.00. The van der Waals surface area contributed by atoms with Gasteiger partial charge in [-0.3, -0.25) is 9.52 Å². The number of thiophene rings is 1. The van der Waals surface area contributed by atoms with E-state index in [4.69, 9.17) is 6.42 Å². The van der Waals surface area contributed by atoms with E-state index in [9.17, 15) is 13.2 Å². The standard InChI is InChI=1S/C14H12N2O3S2/c1-2-9-15-14(17)11-5-7-12(8-6-11)16-21(18,19)13-4-3-10-20-13/h1,3-8,10,16H,9H2,(H,15,17). The molecule has 7 heteroatoms. The summed E-state index contributed by atoms with van der Waals surface area (Å²) < 4.78 is 26.7. The van der Waals surface area contributed by atoms with Crippen molar-refractivity contribution in [2.75, 3.05) is 11.3 Å². The van der Waals surface area contributed by atoms with Crippen LogP contribution < -0.4 is 10.0 Å². The smallest absolute Gasteiger partial charge is 0.271 e. The van der Waals surface area contributed by atoms with Gasteiger partial charge in [-0.15, -0.1) is 17.8 Å². The Morgan fingerprint density at radius 1 is 1.24 bits per heavy atom. The van der Waals surface area contributed by atoms with Crippen LogP contribution in [-0.2, 0) is 10.0 Å². The largest absolute Gasteiger partial charge is 0.341 e. The first-order valence-electron chi connectivity index (χ1n) is 5.91. The highest BCUT2D eigenvalue weighted by atomic mass is 32.2. The Labute approximate surface area is 127 Å². The molecule has 0 fully saturated rings. The minimum absolute atomic E-state index is 0.144. The molecule has 21 heavy (non-hydrogen) atoms. The first-order chi connectivity index (χ1) is 10.0. The van der Waals surface area contributed by atoms with Crippen LogP contribution in [0.2, 0.25) is 0 Å². The third kappa shape index (κ3) is 3.84. The van der Waals surface area contributed by atoms with Crippen molar-refractivity contribution in [3.05, 3.63) is 47.3 Å². The summed E-state index contributed by atoms with van der Waals surface area (Å²) in [4.78, 5) is 11.6. The molecular formula is C14H12N2O3S2. The third-order valence-corrected chi connectivity index (χ3v) is 5.29. The molecule has 0 aliphatic rings. The summed E-state index contributed by atoms with van der Waals surface area (Å²) in [5, 5.41) is 4.21. The van der Waals surface area contributed by atoms with Crippen LogP contribution in [0.4, 0.5) is 5.69 Å². The number of carbonyl (C=O) groups excluding carboxylic acids is 1. The highest BCUT2D eigenvalue weighted by Gasteiger charge is 2.15. The van der Waals surface area contributed by atoms with Crippen LogP contribution in [0.3, 0.4) is 0 Å². The molecule has 0 aliphatic heterocycles. The van der Waals surface area contributed by atoms with Crippen LogP contribution in [0.5, 0.6) is 0 Å². The molecule has 2 aromatic rings. The number of hydrogen-bond acceptors (Lipinski definition) is 4. The molecule has 0 spiro atoms. The second-order valence-electron chi connectivity index (χ2n) is 4.00. The summed E-state index contributed by atoms with van der Waals surface area (Å²) >= 11 is 1.13. The van der Waals surface area contributed by atoms with Crippen LogP contribution in [0.25, 0.3) is 0 Å². The number of rotatable bonds is 5. The van der Waals surface area contributed by atoms with Gasteiger partial charge in [0.15, 0.2) is 0 Å². The van der Waals surface area contributed by atoms with E-state index in [0.717, 1.165) is 11.3 Å². The van der Waals surface area contributed by atoms with E-state index >= 15 is 0 Å². The highest BCUT2D eigenvalue weighted by Crippen LogP contribution is 2.20. The summed E-state index contributed by atoms with van der Waals surface area (Å²) in [5.41, 5.74) is 0.793. The lowest BCUT2D eigenvalue weighted by Crippen LogP contribution is -2.23. The van der Waals surface area contributed by atoms with Crippen LogP contribution in [0.1, 0.15) is 10.4 Å². The van der Waals surface area contributed by atoms with Crippen molar-refractivity contribution in [3.8, 4) is 12.3 Å². The van der Waals surface area contributed by atoms with Crippen LogP contribution in [0.15, 0.2) is 46.0 Å². The zero-order valence-corrected chi connectivity index (χ0v) is 12.5. The Balaban J connectivity index is 2.10. The minimum atomic E-state index is -3.58. The molecule has 0 radical (unpaired) electrons. The van der Waals surface area contributed by atoms with Gasteiger partial charge in [0, 0.05) is 11.3 Å². The Kier molecular flexibility index (Phi) is 4.62. The van der Waals surface area contributed by atoms with E-state index in [0.29, 0.717) is 11.3 Å². The molecule has 108 valence electrons. The van der Waals surface area contributed by atoms with Gasteiger partial charge in [0.05, 0.1) is 6.54 Å². The van der Waals surface area contributed by atoms with Gasteiger partial charge in [-0.05, 0) is 35.7 Å². The summed E-state index contributed by atoms with van der Waals surface area (Å²) in [6.07, 6.45) is 5.05. The van der Waals surface area contributed by atoms with Crippen molar-refractivity contribution in [1.29, 1.82) is 0 Å². The van der Waals surface area contributed by atoms with Gasteiger partial charge in [-0.2, -0.15) is 0 Å². The Morgan fingerprint density at radius 2 is 1.95 bits per heavy atom. The van der Waals surface area contributed by atoms with E-state index in [1.807, 2.05) is 0 Å². The number of nitrogens with one attached hydrogen (secondary N) is 2. The zero-order chi connectivity index (χ0) is 15.3. The number of amides is 1. The number of hydrogen-bond donors (Lipinski definition) is 2. The molecule has 1 heterocycles. The highest BCUT2D eigenvalue weighted by molar-refractivity contribution is 7.94. The molecule has 0 aliphatic carbocycles. The maximum Gasteiger partial charge on any atom is 0.271 e. The van der Waals surface area contributed by atoms with Crippen LogP contribution in [0, 0.1) is 12.3 Å². The summed E-state index contributed by atoms with van der Waals surface area (Å²) in [7, 11) is -3.58. The lowest BCUT2D eigenvalue weighted by atomic mass is 10.2. The molecule has 5 nitrogen and oxygen atoms in total. The quantitative estimate of drug-likeness (QED) is 0.826. The van der Waals surface area contributed by atoms with E-state index in [2.05, 4.69) is 16.0 Å². The number of benzene rings is 1. The van der Waals surface area contributed by atoms with Crippen molar-refractivity contribution in [1.82, 2.24) is 5.32 Å². The summed E-state index contributed by atoms with van der Waals surface area (Å²) in [6.45, 7) is 0.144. The van der Waals surface area contributed by atoms with E-state index in [-0.39, 0.29) is 16.7 Å². The fourth-order valence-electron chi connectivity index (χ4n) is 1.54. The second-order valence-corrected chi connectivity index (χ2v) is 6.86. The van der Waals surface area contributed by atoms with E-state index in [1.54, 1.807) is 11.4 Å². The van der Waals surface area contributed by atoms with Gasteiger partial charge in [0.25, 0.3) is 15.9 Å². The molecule has 2 rings (SSSR count). The number of carbonyl (C=O) groups is 1. The number of terminal acetylenes is 1. The van der Waals surface area contributed by atoms with Gasteiger partial charge < -0.3 is 5.32 Å². The molecular weight excluding hydrogens is 308 g/mol. The average molecular weight is 320 g/mol. The van der Waals surface area contributed by atoms with E-state index in [1.165, 1.54) is 30.3 Å². The molecule has 0 bridgehead atoms. The lowest BCUT2D eigenvalue weighted by molar-refractivity contribution is 0.0958. The molecule has 0 saturated heterocycles. The van der Waals surface area contributed by atoms with Gasteiger partial charge in [-0.1, -0.05) is 12.0 Å².